The van der Waals surface area contributed by atoms with Gasteiger partial charge < -0.3 is 20.5 Å². The van der Waals surface area contributed by atoms with E-state index in [4.69, 9.17) is 15.2 Å². The van der Waals surface area contributed by atoms with Crippen molar-refractivity contribution in [3.63, 3.8) is 0 Å². The molecule has 5 nitrogen and oxygen atoms in total. The number of carbonyl (C=O) groups is 1. The van der Waals surface area contributed by atoms with Crippen molar-refractivity contribution in [2.45, 2.75) is 51.1 Å². The molecule has 1 aliphatic heterocycles. The van der Waals surface area contributed by atoms with Crippen LogP contribution in [0, 0.1) is 5.92 Å². The second kappa shape index (κ2) is 6.57. The van der Waals surface area contributed by atoms with Crippen molar-refractivity contribution in [2.75, 3.05) is 6.79 Å². The lowest BCUT2D eigenvalue weighted by atomic mass is 9.83. The highest BCUT2D eigenvalue weighted by molar-refractivity contribution is 5.76. The van der Waals surface area contributed by atoms with Crippen molar-refractivity contribution < 1.29 is 14.3 Å². The summed E-state index contributed by atoms with van der Waals surface area (Å²) in [5, 5.41) is 3.06. The van der Waals surface area contributed by atoms with Gasteiger partial charge in [-0.25, -0.2) is 0 Å². The summed E-state index contributed by atoms with van der Waals surface area (Å²) in [7, 11) is 0. The SMILES string of the molecule is CC(NC(=O)CC1CCCCC1N)c1ccc2c(c1)OCO2. The fourth-order valence-electron chi connectivity index (χ4n) is 3.29. The molecule has 22 heavy (non-hydrogen) atoms. The molecule has 1 aromatic rings. The van der Waals surface area contributed by atoms with Crippen LogP contribution < -0.4 is 20.5 Å². The van der Waals surface area contributed by atoms with Crippen LogP contribution in [0.1, 0.15) is 50.6 Å². The summed E-state index contributed by atoms with van der Waals surface area (Å²) >= 11 is 0. The average Bonchev–Trinajstić information content (AvgIpc) is 2.97. The number of nitrogens with two attached hydrogens (primary N) is 1. The van der Waals surface area contributed by atoms with Crippen LogP contribution in [0.25, 0.3) is 0 Å². The Balaban J connectivity index is 1.56. The van der Waals surface area contributed by atoms with Crippen molar-refractivity contribution in [1.82, 2.24) is 5.32 Å². The summed E-state index contributed by atoms with van der Waals surface area (Å²) in [5.41, 5.74) is 7.14. The molecule has 0 bridgehead atoms. The van der Waals surface area contributed by atoms with E-state index >= 15 is 0 Å². The minimum absolute atomic E-state index is 0.0539. The molecule has 2 aliphatic rings. The first-order valence-corrected chi connectivity index (χ1v) is 8.08. The van der Waals surface area contributed by atoms with Gasteiger partial charge in [-0.3, -0.25) is 4.79 Å². The van der Waals surface area contributed by atoms with Crippen LogP contribution >= 0.6 is 0 Å². The van der Waals surface area contributed by atoms with E-state index in [0.29, 0.717) is 12.3 Å². The van der Waals surface area contributed by atoms with E-state index in [-0.39, 0.29) is 24.8 Å². The monoisotopic (exact) mass is 304 g/mol. The van der Waals surface area contributed by atoms with Crippen molar-refractivity contribution in [1.29, 1.82) is 0 Å². The molecule has 3 atom stereocenters. The number of hydrogen-bond acceptors (Lipinski definition) is 4. The van der Waals surface area contributed by atoms with Crippen molar-refractivity contribution >= 4 is 5.91 Å². The molecule has 5 heteroatoms. The quantitative estimate of drug-likeness (QED) is 0.896. The molecule has 120 valence electrons. The molecule has 1 heterocycles. The fraction of sp³-hybridized carbons (Fsp3) is 0.588. The Labute approximate surface area is 131 Å². The van der Waals surface area contributed by atoms with Gasteiger partial charge in [0.1, 0.15) is 0 Å². The molecule has 0 saturated heterocycles. The summed E-state index contributed by atoms with van der Waals surface area (Å²) < 4.78 is 10.7. The third kappa shape index (κ3) is 3.35. The predicted molar refractivity (Wildman–Crippen MR) is 83.7 cm³/mol. The maximum Gasteiger partial charge on any atom is 0.231 e. The fourth-order valence-corrected chi connectivity index (χ4v) is 3.29. The van der Waals surface area contributed by atoms with Crippen LogP contribution in [0.4, 0.5) is 0 Å². The van der Waals surface area contributed by atoms with Gasteiger partial charge in [-0.15, -0.1) is 0 Å². The minimum atomic E-state index is -0.0539. The van der Waals surface area contributed by atoms with E-state index in [2.05, 4.69) is 5.32 Å². The van der Waals surface area contributed by atoms with Gasteiger partial charge in [-0.2, -0.15) is 0 Å². The molecule has 3 rings (SSSR count). The van der Waals surface area contributed by atoms with Crippen LogP contribution in [0.5, 0.6) is 11.5 Å². The van der Waals surface area contributed by atoms with Gasteiger partial charge >= 0.3 is 0 Å². The van der Waals surface area contributed by atoms with E-state index in [1.54, 1.807) is 0 Å². The van der Waals surface area contributed by atoms with Gasteiger partial charge in [-0.05, 0) is 43.4 Å². The van der Waals surface area contributed by atoms with E-state index in [0.717, 1.165) is 29.9 Å². The second-order valence-electron chi connectivity index (χ2n) is 6.31. The van der Waals surface area contributed by atoms with Crippen molar-refractivity contribution in [3.05, 3.63) is 23.8 Å². The Bertz CT molecular complexity index is 547. The summed E-state index contributed by atoms with van der Waals surface area (Å²) in [6, 6.07) is 5.89. The summed E-state index contributed by atoms with van der Waals surface area (Å²) in [6.07, 6.45) is 4.99. The van der Waals surface area contributed by atoms with Crippen molar-refractivity contribution in [3.8, 4) is 11.5 Å². The molecule has 1 fully saturated rings. The average molecular weight is 304 g/mol. The lowest BCUT2D eigenvalue weighted by Crippen LogP contribution is -2.37. The Morgan fingerprint density at radius 3 is 2.91 bits per heavy atom. The maximum atomic E-state index is 12.3. The number of benzene rings is 1. The first-order valence-electron chi connectivity index (χ1n) is 8.08. The normalized spacial score (nSPS) is 24.8. The van der Waals surface area contributed by atoms with Gasteiger partial charge in [-0.1, -0.05) is 18.9 Å². The highest BCUT2D eigenvalue weighted by Crippen LogP contribution is 2.34. The van der Waals surface area contributed by atoms with Gasteiger partial charge in [0.2, 0.25) is 12.7 Å². The Hall–Kier alpha value is -1.75. The Morgan fingerprint density at radius 2 is 2.09 bits per heavy atom. The van der Waals surface area contributed by atoms with E-state index in [9.17, 15) is 4.79 Å². The number of rotatable bonds is 4. The Morgan fingerprint density at radius 1 is 1.32 bits per heavy atom. The van der Waals surface area contributed by atoms with Gasteiger partial charge in [0.25, 0.3) is 0 Å². The van der Waals surface area contributed by atoms with Crippen LogP contribution in [0.3, 0.4) is 0 Å². The lowest BCUT2D eigenvalue weighted by molar-refractivity contribution is -0.123. The zero-order valence-corrected chi connectivity index (χ0v) is 13.0. The molecule has 0 radical (unpaired) electrons. The molecule has 3 N–H and O–H groups in total. The van der Waals surface area contributed by atoms with Gasteiger partial charge in [0, 0.05) is 12.5 Å². The molecule has 1 aliphatic carbocycles. The largest absolute Gasteiger partial charge is 0.454 e. The predicted octanol–water partition coefficient (Wildman–Crippen LogP) is 2.50. The summed E-state index contributed by atoms with van der Waals surface area (Å²) in [5.74, 6) is 1.90. The minimum Gasteiger partial charge on any atom is -0.454 e. The smallest absolute Gasteiger partial charge is 0.231 e. The molecule has 0 aromatic heterocycles. The topological polar surface area (TPSA) is 73.6 Å². The zero-order valence-electron chi connectivity index (χ0n) is 13.0. The number of hydrogen-bond donors (Lipinski definition) is 2. The molecule has 1 saturated carbocycles. The van der Waals surface area contributed by atoms with E-state index in [1.165, 1.54) is 12.8 Å². The van der Waals surface area contributed by atoms with Crippen LogP contribution in [0.15, 0.2) is 18.2 Å². The number of amides is 1. The highest BCUT2D eigenvalue weighted by Gasteiger charge is 2.25. The number of ether oxygens (including phenoxy) is 2. The molecular weight excluding hydrogens is 280 g/mol. The van der Waals surface area contributed by atoms with E-state index in [1.807, 2.05) is 25.1 Å². The molecule has 0 spiro atoms. The highest BCUT2D eigenvalue weighted by atomic mass is 16.7. The summed E-state index contributed by atoms with van der Waals surface area (Å²) in [6.45, 7) is 2.25. The number of nitrogens with one attached hydrogen (secondary N) is 1. The zero-order chi connectivity index (χ0) is 15.5. The summed E-state index contributed by atoms with van der Waals surface area (Å²) in [4.78, 5) is 12.3. The molecular formula is C17H24N2O3. The van der Waals surface area contributed by atoms with Crippen LogP contribution in [0.2, 0.25) is 0 Å². The lowest BCUT2D eigenvalue weighted by Gasteiger charge is -2.28. The first kappa shape index (κ1) is 15.2. The second-order valence-corrected chi connectivity index (χ2v) is 6.31. The molecule has 1 amide bonds. The van der Waals surface area contributed by atoms with Gasteiger partial charge in [0.05, 0.1) is 6.04 Å². The number of fused-ring (bicyclic) bond motifs is 1. The first-order chi connectivity index (χ1) is 10.6. The Kier molecular flexibility index (Phi) is 4.52. The van der Waals surface area contributed by atoms with E-state index < -0.39 is 0 Å². The van der Waals surface area contributed by atoms with Crippen LogP contribution in [-0.2, 0) is 4.79 Å². The molecule has 3 unspecified atom stereocenters. The number of carbonyl (C=O) groups excluding carboxylic acids is 1. The van der Waals surface area contributed by atoms with Gasteiger partial charge in [0.15, 0.2) is 11.5 Å². The van der Waals surface area contributed by atoms with Crippen LogP contribution in [-0.4, -0.2) is 18.7 Å². The standard InChI is InChI=1S/C17H24N2O3/c1-11(12-6-7-15-16(8-12)22-10-21-15)19-17(20)9-13-4-2-3-5-14(13)18/h6-8,11,13-14H,2-5,9-10,18H2,1H3,(H,19,20). The maximum absolute atomic E-state index is 12.3. The third-order valence-electron chi connectivity index (χ3n) is 4.69. The molecule has 1 aromatic carbocycles. The van der Waals surface area contributed by atoms with Crippen molar-refractivity contribution in [2.24, 2.45) is 11.7 Å². The third-order valence-corrected chi connectivity index (χ3v) is 4.69.